The van der Waals surface area contributed by atoms with Crippen molar-refractivity contribution in [1.29, 1.82) is 0 Å². The molecule has 0 spiro atoms. The molecular formula is C10H14ClN3O. The Morgan fingerprint density at radius 3 is 3.07 bits per heavy atom. The molecular weight excluding hydrogens is 214 g/mol. The second kappa shape index (κ2) is 5.28. The predicted molar refractivity (Wildman–Crippen MR) is 58.1 cm³/mol. The Morgan fingerprint density at radius 2 is 2.40 bits per heavy atom. The Labute approximate surface area is 94.0 Å². The lowest BCUT2D eigenvalue weighted by molar-refractivity contribution is 0.210. The van der Waals surface area contributed by atoms with E-state index < -0.39 is 0 Å². The normalized spacial score (nSPS) is 21.3. The molecule has 0 aliphatic carbocycles. The Morgan fingerprint density at radius 1 is 1.47 bits per heavy atom. The number of rotatable bonds is 3. The van der Waals surface area contributed by atoms with Crippen molar-refractivity contribution in [3.63, 3.8) is 0 Å². The van der Waals surface area contributed by atoms with Crippen molar-refractivity contribution in [2.75, 3.05) is 19.7 Å². The molecule has 1 aliphatic heterocycles. The topological polar surface area (TPSA) is 47.0 Å². The van der Waals surface area contributed by atoms with Crippen LogP contribution in [0.5, 0.6) is 5.88 Å². The van der Waals surface area contributed by atoms with E-state index in [1.54, 1.807) is 12.1 Å². The van der Waals surface area contributed by atoms with Gasteiger partial charge in [0.25, 0.3) is 0 Å². The third kappa shape index (κ3) is 3.32. The summed E-state index contributed by atoms with van der Waals surface area (Å²) in [7, 11) is 0. The minimum atomic E-state index is 0.390. The molecule has 1 aromatic rings. The summed E-state index contributed by atoms with van der Waals surface area (Å²) >= 11 is 5.62. The molecule has 1 fully saturated rings. The Kier molecular flexibility index (Phi) is 3.75. The zero-order valence-electron chi connectivity index (χ0n) is 8.45. The van der Waals surface area contributed by atoms with E-state index in [0.29, 0.717) is 23.6 Å². The monoisotopic (exact) mass is 227 g/mol. The lowest BCUT2D eigenvalue weighted by Crippen LogP contribution is -2.33. The van der Waals surface area contributed by atoms with Gasteiger partial charge in [0.2, 0.25) is 5.88 Å². The number of nitrogens with one attached hydrogen (secondary N) is 1. The fraction of sp³-hybridized carbons (Fsp3) is 0.600. The van der Waals surface area contributed by atoms with Crippen LogP contribution in [0.1, 0.15) is 12.8 Å². The molecule has 2 rings (SSSR count). The van der Waals surface area contributed by atoms with Gasteiger partial charge in [-0.3, -0.25) is 0 Å². The van der Waals surface area contributed by atoms with Gasteiger partial charge in [-0.1, -0.05) is 11.6 Å². The maximum atomic E-state index is 5.62. The predicted octanol–water partition coefficient (Wildman–Crippen LogP) is 1.51. The number of hydrogen-bond acceptors (Lipinski definition) is 4. The zero-order chi connectivity index (χ0) is 10.5. The summed E-state index contributed by atoms with van der Waals surface area (Å²) in [5.74, 6) is 1.13. The van der Waals surface area contributed by atoms with Crippen LogP contribution >= 0.6 is 11.6 Å². The Bertz CT molecular complexity index is 298. The maximum absolute atomic E-state index is 5.62. The van der Waals surface area contributed by atoms with E-state index in [4.69, 9.17) is 16.3 Å². The molecule has 1 aliphatic rings. The van der Waals surface area contributed by atoms with Crippen molar-refractivity contribution in [2.45, 2.75) is 12.8 Å². The molecule has 1 N–H and O–H groups in total. The summed E-state index contributed by atoms with van der Waals surface area (Å²) in [5.41, 5.74) is 0. The van der Waals surface area contributed by atoms with Crippen LogP contribution in [0, 0.1) is 5.92 Å². The molecule has 0 radical (unpaired) electrons. The van der Waals surface area contributed by atoms with Gasteiger partial charge in [-0.2, -0.15) is 0 Å². The second-order valence-electron chi connectivity index (χ2n) is 3.72. The molecule has 15 heavy (non-hydrogen) atoms. The summed E-state index contributed by atoms with van der Waals surface area (Å²) < 4.78 is 5.53. The van der Waals surface area contributed by atoms with Crippen LogP contribution in [0.2, 0.25) is 5.15 Å². The summed E-state index contributed by atoms with van der Waals surface area (Å²) in [6, 6.07) is 3.43. The average Bonchev–Trinajstić information content (AvgIpc) is 2.30. The highest BCUT2D eigenvalue weighted by molar-refractivity contribution is 6.29. The molecule has 0 saturated carbocycles. The quantitative estimate of drug-likeness (QED) is 0.851. The molecule has 82 valence electrons. The van der Waals surface area contributed by atoms with Gasteiger partial charge in [0, 0.05) is 18.5 Å². The van der Waals surface area contributed by atoms with E-state index in [0.717, 1.165) is 13.1 Å². The number of halogens is 1. The third-order valence-electron chi connectivity index (χ3n) is 2.47. The Balaban J connectivity index is 1.79. The highest BCUT2D eigenvalue weighted by atomic mass is 35.5. The van der Waals surface area contributed by atoms with Crippen molar-refractivity contribution in [3.8, 4) is 5.88 Å². The van der Waals surface area contributed by atoms with E-state index in [1.807, 2.05) is 0 Å². The van der Waals surface area contributed by atoms with E-state index in [9.17, 15) is 0 Å². The van der Waals surface area contributed by atoms with E-state index >= 15 is 0 Å². The first-order valence-electron chi connectivity index (χ1n) is 5.17. The number of piperidine rings is 1. The SMILES string of the molecule is Clc1ccc(OC[C@H]2CCCNC2)nn1. The average molecular weight is 228 g/mol. The molecule has 0 aromatic carbocycles. The minimum absolute atomic E-state index is 0.390. The standard InChI is InChI=1S/C10H14ClN3O/c11-9-3-4-10(14-13-9)15-7-8-2-1-5-12-6-8/h3-4,8,12H,1-2,5-7H2/t8-/m0/s1. The lowest BCUT2D eigenvalue weighted by atomic mass is 10.0. The fourth-order valence-electron chi connectivity index (χ4n) is 1.65. The van der Waals surface area contributed by atoms with Gasteiger partial charge in [-0.05, 0) is 25.5 Å². The minimum Gasteiger partial charge on any atom is -0.476 e. The van der Waals surface area contributed by atoms with Crippen LogP contribution in [-0.4, -0.2) is 29.9 Å². The molecule has 5 heteroatoms. The largest absolute Gasteiger partial charge is 0.476 e. The number of ether oxygens (including phenoxy) is 1. The Hall–Kier alpha value is -0.870. The summed E-state index contributed by atoms with van der Waals surface area (Å²) in [5, 5.41) is 11.3. The first-order valence-corrected chi connectivity index (χ1v) is 5.55. The van der Waals surface area contributed by atoms with Gasteiger partial charge < -0.3 is 10.1 Å². The van der Waals surface area contributed by atoms with Crippen molar-refractivity contribution >= 4 is 11.6 Å². The highest BCUT2D eigenvalue weighted by Crippen LogP contribution is 2.13. The number of hydrogen-bond donors (Lipinski definition) is 1. The first-order chi connectivity index (χ1) is 7.34. The molecule has 0 bridgehead atoms. The molecule has 1 saturated heterocycles. The molecule has 0 unspecified atom stereocenters. The van der Waals surface area contributed by atoms with Gasteiger partial charge in [-0.25, -0.2) is 0 Å². The van der Waals surface area contributed by atoms with Crippen LogP contribution in [0.25, 0.3) is 0 Å². The van der Waals surface area contributed by atoms with Crippen LogP contribution in [0.3, 0.4) is 0 Å². The zero-order valence-corrected chi connectivity index (χ0v) is 9.20. The summed E-state index contributed by atoms with van der Waals surface area (Å²) in [6.45, 7) is 2.85. The van der Waals surface area contributed by atoms with Gasteiger partial charge >= 0.3 is 0 Å². The van der Waals surface area contributed by atoms with Crippen molar-refractivity contribution in [3.05, 3.63) is 17.3 Å². The number of aromatic nitrogens is 2. The molecule has 4 nitrogen and oxygen atoms in total. The second-order valence-corrected chi connectivity index (χ2v) is 4.10. The van der Waals surface area contributed by atoms with E-state index in [1.165, 1.54) is 12.8 Å². The smallest absolute Gasteiger partial charge is 0.233 e. The van der Waals surface area contributed by atoms with E-state index in [2.05, 4.69) is 15.5 Å². The molecule has 1 atom stereocenters. The van der Waals surface area contributed by atoms with Crippen LogP contribution < -0.4 is 10.1 Å². The van der Waals surface area contributed by atoms with Crippen molar-refractivity contribution in [1.82, 2.24) is 15.5 Å². The van der Waals surface area contributed by atoms with Crippen LogP contribution in [0.4, 0.5) is 0 Å². The first kappa shape index (κ1) is 10.6. The summed E-state index contributed by atoms with van der Waals surface area (Å²) in [6.07, 6.45) is 2.44. The number of nitrogens with zero attached hydrogens (tertiary/aromatic N) is 2. The van der Waals surface area contributed by atoms with E-state index in [-0.39, 0.29) is 0 Å². The van der Waals surface area contributed by atoms with Gasteiger partial charge in [0.15, 0.2) is 5.15 Å². The molecule has 1 aromatic heterocycles. The third-order valence-corrected chi connectivity index (χ3v) is 2.67. The van der Waals surface area contributed by atoms with Crippen LogP contribution in [-0.2, 0) is 0 Å². The van der Waals surface area contributed by atoms with Gasteiger partial charge in [0.05, 0.1) is 6.61 Å². The lowest BCUT2D eigenvalue weighted by Gasteiger charge is -2.22. The maximum Gasteiger partial charge on any atom is 0.233 e. The molecule has 0 amide bonds. The summed E-state index contributed by atoms with van der Waals surface area (Å²) in [4.78, 5) is 0. The molecule has 2 heterocycles. The fourth-order valence-corrected chi connectivity index (χ4v) is 1.75. The van der Waals surface area contributed by atoms with Crippen LogP contribution in [0.15, 0.2) is 12.1 Å². The van der Waals surface area contributed by atoms with Crippen molar-refractivity contribution in [2.24, 2.45) is 5.92 Å². The van der Waals surface area contributed by atoms with Gasteiger partial charge in [0.1, 0.15) is 0 Å². The van der Waals surface area contributed by atoms with Gasteiger partial charge in [-0.15, -0.1) is 10.2 Å². The van der Waals surface area contributed by atoms with Crippen molar-refractivity contribution < 1.29 is 4.74 Å². The highest BCUT2D eigenvalue weighted by Gasteiger charge is 2.13.